The monoisotopic (exact) mass is 383 g/mol. The number of nitriles is 1. The molecule has 0 fully saturated rings. The second kappa shape index (κ2) is 9.78. The van der Waals surface area contributed by atoms with Crippen LogP contribution in [0.25, 0.3) is 0 Å². The molecule has 2 rings (SSSR count). The molecule has 2 aromatic heterocycles. The van der Waals surface area contributed by atoms with Crippen LogP contribution in [0, 0.1) is 39.0 Å². The highest BCUT2D eigenvalue weighted by Gasteiger charge is 2.18. The van der Waals surface area contributed by atoms with E-state index in [1.165, 1.54) is 0 Å². The first-order valence-electron chi connectivity index (χ1n) is 8.17. The average Bonchev–Trinajstić information content (AvgIpc) is 2.58. The van der Waals surface area contributed by atoms with Gasteiger partial charge in [-0.1, -0.05) is 0 Å². The Morgan fingerprint density at radius 2 is 1.36 bits per heavy atom. The summed E-state index contributed by atoms with van der Waals surface area (Å²) in [6, 6.07) is 6.52. The van der Waals surface area contributed by atoms with Gasteiger partial charge in [0.15, 0.2) is 6.04 Å². The number of aromatic nitrogens is 2. The van der Waals surface area contributed by atoms with Gasteiger partial charge in [-0.2, -0.15) is 5.26 Å². The van der Waals surface area contributed by atoms with Crippen molar-refractivity contribution in [1.29, 1.82) is 5.26 Å². The molecular weight excluding hydrogens is 362 g/mol. The predicted octanol–water partition coefficient (Wildman–Crippen LogP) is 1.20. The molecule has 0 aromatic carbocycles. The second-order valence-corrected chi connectivity index (χ2v) is 6.02. The number of aromatic carboxylic acids is 1. The SMILES string of the molecule is Cc1cc(C(=O)NC(C#N)C(N)=O)cc(C)n1.Cc1cc(C(=O)O)cc(C)n1. The molecule has 1 unspecified atom stereocenters. The first kappa shape index (κ1) is 22.2. The molecular formula is C19H21N5O4. The number of amides is 2. The molecule has 9 nitrogen and oxygen atoms in total. The molecule has 0 aliphatic carbocycles. The van der Waals surface area contributed by atoms with Crippen molar-refractivity contribution in [2.45, 2.75) is 33.7 Å². The lowest BCUT2D eigenvalue weighted by Gasteiger charge is -2.08. The van der Waals surface area contributed by atoms with Crippen molar-refractivity contribution in [3.63, 3.8) is 0 Å². The van der Waals surface area contributed by atoms with E-state index in [9.17, 15) is 14.4 Å². The summed E-state index contributed by atoms with van der Waals surface area (Å²) in [5.41, 5.74) is 8.43. The summed E-state index contributed by atoms with van der Waals surface area (Å²) in [6.45, 7) is 7.05. The Balaban J connectivity index is 0.000000307. The van der Waals surface area contributed by atoms with Crippen molar-refractivity contribution in [2.75, 3.05) is 0 Å². The number of carboxylic acids is 1. The molecule has 0 aliphatic rings. The number of hydrogen-bond acceptors (Lipinski definition) is 6. The largest absolute Gasteiger partial charge is 0.478 e. The number of rotatable bonds is 4. The molecule has 0 saturated carbocycles. The minimum absolute atomic E-state index is 0.301. The molecule has 4 N–H and O–H groups in total. The van der Waals surface area contributed by atoms with E-state index in [-0.39, 0.29) is 0 Å². The first-order chi connectivity index (χ1) is 13.0. The number of nitrogens with zero attached hydrogens (tertiary/aromatic N) is 3. The fourth-order valence-electron chi connectivity index (χ4n) is 2.30. The summed E-state index contributed by atoms with van der Waals surface area (Å²) in [4.78, 5) is 41.2. The van der Waals surface area contributed by atoms with Crippen LogP contribution in [0.5, 0.6) is 0 Å². The Kier molecular flexibility index (Phi) is 7.77. The van der Waals surface area contributed by atoms with Gasteiger partial charge in [0.2, 0.25) is 0 Å². The number of aryl methyl sites for hydroxylation is 4. The molecule has 2 amide bonds. The Bertz CT molecular complexity index is 909. The summed E-state index contributed by atoms with van der Waals surface area (Å²) >= 11 is 0. The van der Waals surface area contributed by atoms with E-state index in [4.69, 9.17) is 16.1 Å². The van der Waals surface area contributed by atoms with Gasteiger partial charge >= 0.3 is 5.97 Å². The van der Waals surface area contributed by atoms with Crippen LogP contribution in [-0.2, 0) is 4.79 Å². The van der Waals surface area contributed by atoms with Gasteiger partial charge in [0.1, 0.15) is 0 Å². The van der Waals surface area contributed by atoms with Gasteiger partial charge < -0.3 is 16.2 Å². The fraction of sp³-hybridized carbons (Fsp3) is 0.263. The van der Waals surface area contributed by atoms with Crippen molar-refractivity contribution in [3.05, 3.63) is 58.2 Å². The van der Waals surface area contributed by atoms with E-state index in [1.807, 2.05) is 0 Å². The van der Waals surface area contributed by atoms with Gasteiger partial charge in [0, 0.05) is 28.3 Å². The van der Waals surface area contributed by atoms with Gasteiger partial charge in [0.25, 0.3) is 11.8 Å². The quantitative estimate of drug-likeness (QED) is 0.715. The van der Waals surface area contributed by atoms with E-state index in [1.54, 1.807) is 58.0 Å². The summed E-state index contributed by atoms with van der Waals surface area (Å²) in [5.74, 6) is -2.31. The molecule has 2 heterocycles. The van der Waals surface area contributed by atoms with E-state index >= 15 is 0 Å². The number of nitrogens with one attached hydrogen (secondary N) is 1. The summed E-state index contributed by atoms with van der Waals surface area (Å²) in [5, 5.41) is 19.5. The number of carboxylic acid groups (broad SMARTS) is 1. The van der Waals surface area contributed by atoms with Crippen LogP contribution in [0.15, 0.2) is 24.3 Å². The molecule has 0 radical (unpaired) electrons. The van der Waals surface area contributed by atoms with E-state index in [2.05, 4.69) is 15.3 Å². The van der Waals surface area contributed by atoms with Gasteiger partial charge in [-0.05, 0) is 52.0 Å². The highest BCUT2D eigenvalue weighted by atomic mass is 16.4. The number of hydrogen-bond donors (Lipinski definition) is 3. The normalized spacial score (nSPS) is 10.7. The Morgan fingerprint density at radius 3 is 1.68 bits per heavy atom. The maximum Gasteiger partial charge on any atom is 0.335 e. The van der Waals surface area contributed by atoms with E-state index in [0.29, 0.717) is 22.5 Å². The number of carbonyl (C=O) groups excluding carboxylic acids is 2. The Hall–Kier alpha value is -3.80. The van der Waals surface area contributed by atoms with Crippen LogP contribution >= 0.6 is 0 Å². The third-order valence-electron chi connectivity index (χ3n) is 3.36. The maximum atomic E-state index is 11.7. The number of pyridine rings is 2. The lowest BCUT2D eigenvalue weighted by molar-refractivity contribution is -0.118. The number of carbonyl (C=O) groups is 3. The third kappa shape index (κ3) is 6.84. The molecule has 0 spiro atoms. The zero-order chi connectivity index (χ0) is 21.4. The minimum Gasteiger partial charge on any atom is -0.478 e. The van der Waals surface area contributed by atoms with E-state index in [0.717, 1.165) is 11.4 Å². The van der Waals surface area contributed by atoms with Crippen molar-refractivity contribution in [1.82, 2.24) is 15.3 Å². The summed E-state index contributed by atoms with van der Waals surface area (Å²) < 4.78 is 0. The van der Waals surface area contributed by atoms with Crippen LogP contribution < -0.4 is 11.1 Å². The lowest BCUT2D eigenvalue weighted by Crippen LogP contribution is -2.43. The lowest BCUT2D eigenvalue weighted by atomic mass is 10.1. The third-order valence-corrected chi connectivity index (χ3v) is 3.36. The van der Waals surface area contributed by atoms with Crippen LogP contribution in [0.1, 0.15) is 43.5 Å². The standard InChI is InChI=1S/C11H12N4O2.C8H9NO2/c1-6-3-8(4-7(2)14-6)11(17)15-9(5-12)10(13)16;1-5-3-7(8(10)11)4-6(2)9-5/h3-4,9H,1-2H3,(H2,13,16)(H,15,17);3-4H,1-2H3,(H,10,11). The van der Waals surface area contributed by atoms with Crippen molar-refractivity contribution < 1.29 is 19.5 Å². The average molecular weight is 383 g/mol. The van der Waals surface area contributed by atoms with Gasteiger partial charge in [0.05, 0.1) is 11.6 Å². The smallest absolute Gasteiger partial charge is 0.335 e. The molecule has 0 bridgehead atoms. The molecule has 0 aliphatic heterocycles. The zero-order valence-corrected chi connectivity index (χ0v) is 16.0. The van der Waals surface area contributed by atoms with Gasteiger partial charge in [-0.15, -0.1) is 0 Å². The van der Waals surface area contributed by atoms with Crippen LogP contribution in [-0.4, -0.2) is 38.9 Å². The van der Waals surface area contributed by atoms with Gasteiger partial charge in [-0.25, -0.2) is 4.79 Å². The van der Waals surface area contributed by atoms with Crippen LogP contribution in [0.3, 0.4) is 0 Å². The number of nitrogens with two attached hydrogens (primary N) is 1. The maximum absolute atomic E-state index is 11.7. The Morgan fingerprint density at radius 1 is 0.964 bits per heavy atom. The van der Waals surface area contributed by atoms with Crippen molar-refractivity contribution in [3.8, 4) is 6.07 Å². The number of primary amides is 1. The molecule has 28 heavy (non-hydrogen) atoms. The predicted molar refractivity (Wildman–Crippen MR) is 100 cm³/mol. The summed E-state index contributed by atoms with van der Waals surface area (Å²) in [7, 11) is 0. The van der Waals surface area contributed by atoms with Crippen molar-refractivity contribution >= 4 is 17.8 Å². The molecule has 9 heteroatoms. The molecule has 2 aromatic rings. The first-order valence-corrected chi connectivity index (χ1v) is 8.17. The molecule has 146 valence electrons. The molecule has 1 atom stereocenters. The summed E-state index contributed by atoms with van der Waals surface area (Å²) in [6.07, 6.45) is 0. The minimum atomic E-state index is -1.32. The highest BCUT2D eigenvalue weighted by Crippen LogP contribution is 2.05. The van der Waals surface area contributed by atoms with Crippen LogP contribution in [0.4, 0.5) is 0 Å². The Labute approximate surface area is 162 Å². The van der Waals surface area contributed by atoms with Gasteiger partial charge in [-0.3, -0.25) is 19.6 Å². The highest BCUT2D eigenvalue weighted by molar-refractivity contribution is 5.98. The van der Waals surface area contributed by atoms with Crippen molar-refractivity contribution in [2.24, 2.45) is 5.73 Å². The molecule has 0 saturated heterocycles. The topological polar surface area (TPSA) is 159 Å². The zero-order valence-electron chi connectivity index (χ0n) is 16.0. The fourth-order valence-corrected chi connectivity index (χ4v) is 2.30. The van der Waals surface area contributed by atoms with Crippen LogP contribution in [0.2, 0.25) is 0 Å². The second-order valence-electron chi connectivity index (χ2n) is 6.02. The van der Waals surface area contributed by atoms with E-state index < -0.39 is 23.8 Å².